The van der Waals surface area contributed by atoms with Crippen molar-refractivity contribution in [3.8, 4) is 33.9 Å². The number of fused-ring (bicyclic) bond motifs is 10. The van der Waals surface area contributed by atoms with Crippen LogP contribution in [0.5, 0.6) is 0 Å². The van der Waals surface area contributed by atoms with Crippen LogP contribution in [0, 0.1) is 0 Å². The lowest BCUT2D eigenvalue weighted by Gasteiger charge is -2.18. The Bertz CT molecular complexity index is 3170. The van der Waals surface area contributed by atoms with Crippen molar-refractivity contribution in [2.75, 3.05) is 0 Å². The molecule has 3 heteroatoms. The molecule has 2 heterocycles. The highest BCUT2D eigenvalue weighted by Crippen LogP contribution is 2.44. The molecule has 52 heavy (non-hydrogen) atoms. The number of rotatable bonds is 4. The molecule has 0 amide bonds. The number of nitrogens with zero attached hydrogens (tertiary/aromatic N) is 3. The second-order valence-corrected chi connectivity index (χ2v) is 13.6. The maximum Gasteiger partial charge on any atom is 0.146 e. The lowest BCUT2D eigenvalue weighted by atomic mass is 9.88. The summed E-state index contributed by atoms with van der Waals surface area (Å²) in [5, 5.41) is 9.88. The van der Waals surface area contributed by atoms with E-state index in [2.05, 4.69) is 197 Å². The first kappa shape index (κ1) is 28.8. The predicted molar refractivity (Wildman–Crippen MR) is 219 cm³/mol. The average Bonchev–Trinajstić information content (AvgIpc) is 3.77. The van der Waals surface area contributed by atoms with Crippen LogP contribution in [0.25, 0.3) is 99.0 Å². The zero-order valence-electron chi connectivity index (χ0n) is 28.2. The van der Waals surface area contributed by atoms with Gasteiger partial charge in [-0.1, -0.05) is 121 Å². The Morgan fingerprint density at radius 2 is 0.846 bits per heavy atom. The number of para-hydroxylation sites is 5. The lowest BCUT2D eigenvalue weighted by Crippen LogP contribution is -1.99. The van der Waals surface area contributed by atoms with Gasteiger partial charge in [0.15, 0.2) is 0 Å². The Hall–Kier alpha value is -6.97. The van der Waals surface area contributed by atoms with Crippen molar-refractivity contribution >= 4 is 65.2 Å². The zero-order chi connectivity index (χ0) is 34.2. The number of aromatic nitrogens is 3. The second-order valence-electron chi connectivity index (χ2n) is 13.6. The van der Waals surface area contributed by atoms with E-state index in [1.807, 2.05) is 0 Å². The van der Waals surface area contributed by atoms with Crippen LogP contribution < -0.4 is 0 Å². The number of hydrogen-bond donors (Lipinski definition) is 0. The molecule has 0 saturated carbocycles. The molecule has 11 rings (SSSR count). The van der Waals surface area contributed by atoms with Crippen molar-refractivity contribution in [1.29, 1.82) is 0 Å². The van der Waals surface area contributed by atoms with Gasteiger partial charge < -0.3 is 4.57 Å². The summed E-state index contributed by atoms with van der Waals surface area (Å²) in [4.78, 5) is 5.42. The standard InChI is InChI=1S/C49H31N3/c1-3-15-34(16-4-1)51-45-25-13-11-22-39(45)41-29-32(27-28-46(41)51)33-30-42-38-21-8-7-19-36(38)37-20-9-10-23-40(37)48(42)43(31-33)49-50-44-24-12-14-26-47(44)52(49)35-17-5-2-6-18-35/h1-31H. The van der Waals surface area contributed by atoms with Gasteiger partial charge in [-0.25, -0.2) is 4.98 Å². The molecule has 11 aromatic rings. The van der Waals surface area contributed by atoms with Gasteiger partial charge in [-0.3, -0.25) is 4.57 Å². The summed E-state index contributed by atoms with van der Waals surface area (Å²) >= 11 is 0. The summed E-state index contributed by atoms with van der Waals surface area (Å²) < 4.78 is 4.71. The van der Waals surface area contributed by atoms with Crippen LogP contribution in [0.1, 0.15) is 0 Å². The van der Waals surface area contributed by atoms with Crippen molar-refractivity contribution in [2.45, 2.75) is 0 Å². The van der Waals surface area contributed by atoms with E-state index in [1.165, 1.54) is 59.7 Å². The summed E-state index contributed by atoms with van der Waals surface area (Å²) in [5.41, 5.74) is 10.1. The smallest absolute Gasteiger partial charge is 0.146 e. The first-order valence-electron chi connectivity index (χ1n) is 17.8. The minimum absolute atomic E-state index is 0.932. The maximum atomic E-state index is 5.42. The van der Waals surface area contributed by atoms with Gasteiger partial charge in [-0.05, 0) is 105 Å². The van der Waals surface area contributed by atoms with Gasteiger partial charge in [0.2, 0.25) is 0 Å². The predicted octanol–water partition coefficient (Wildman–Crippen LogP) is 12.9. The van der Waals surface area contributed by atoms with Crippen molar-refractivity contribution in [3.05, 3.63) is 188 Å². The second kappa shape index (κ2) is 11.3. The topological polar surface area (TPSA) is 22.8 Å². The minimum atomic E-state index is 0.932. The molecule has 0 aliphatic carbocycles. The molecule has 0 radical (unpaired) electrons. The van der Waals surface area contributed by atoms with Gasteiger partial charge in [0.1, 0.15) is 5.82 Å². The molecule has 0 aliphatic rings. The van der Waals surface area contributed by atoms with E-state index < -0.39 is 0 Å². The van der Waals surface area contributed by atoms with Crippen molar-refractivity contribution in [2.24, 2.45) is 0 Å². The van der Waals surface area contributed by atoms with E-state index in [-0.39, 0.29) is 0 Å². The van der Waals surface area contributed by atoms with Gasteiger partial charge in [0.25, 0.3) is 0 Å². The van der Waals surface area contributed by atoms with Gasteiger partial charge in [-0.15, -0.1) is 0 Å². The van der Waals surface area contributed by atoms with E-state index in [9.17, 15) is 0 Å². The zero-order valence-corrected chi connectivity index (χ0v) is 28.2. The van der Waals surface area contributed by atoms with Crippen molar-refractivity contribution in [1.82, 2.24) is 14.1 Å². The van der Waals surface area contributed by atoms with Crippen molar-refractivity contribution in [3.63, 3.8) is 0 Å². The molecule has 9 aromatic carbocycles. The van der Waals surface area contributed by atoms with Crippen LogP contribution in [0.4, 0.5) is 0 Å². The van der Waals surface area contributed by atoms with Crippen LogP contribution in [0.15, 0.2) is 188 Å². The summed E-state index contributed by atoms with van der Waals surface area (Å²) in [6.07, 6.45) is 0. The van der Waals surface area contributed by atoms with Gasteiger partial charge >= 0.3 is 0 Å². The third-order valence-corrected chi connectivity index (χ3v) is 10.7. The SMILES string of the molecule is c1ccc(-n2c(-c3cc(-c4ccc5c(c4)c4ccccc4n5-c4ccccc4)cc4c5ccccc5c5ccccc5c34)nc3ccccc32)cc1. The number of hydrogen-bond acceptors (Lipinski definition) is 1. The summed E-state index contributed by atoms with van der Waals surface area (Å²) in [5.74, 6) is 0.932. The maximum absolute atomic E-state index is 5.42. The van der Waals surface area contributed by atoms with Gasteiger partial charge in [-0.2, -0.15) is 0 Å². The molecule has 0 bridgehead atoms. The molecule has 0 fully saturated rings. The monoisotopic (exact) mass is 661 g/mol. The number of benzene rings is 9. The van der Waals surface area contributed by atoms with E-state index in [0.29, 0.717) is 0 Å². The Kier molecular flexibility index (Phi) is 6.25. The molecule has 0 spiro atoms. The first-order chi connectivity index (χ1) is 25.8. The van der Waals surface area contributed by atoms with Crippen molar-refractivity contribution < 1.29 is 0 Å². The number of imidazole rings is 1. The Morgan fingerprint density at radius 1 is 0.327 bits per heavy atom. The summed E-state index contributed by atoms with van der Waals surface area (Å²) in [6.45, 7) is 0. The quantitative estimate of drug-likeness (QED) is 0.172. The molecule has 2 aromatic heterocycles. The highest BCUT2D eigenvalue weighted by Gasteiger charge is 2.21. The molecule has 0 unspecified atom stereocenters. The fraction of sp³-hybridized carbons (Fsp3) is 0. The molecule has 3 nitrogen and oxygen atoms in total. The molecular weight excluding hydrogens is 631 g/mol. The average molecular weight is 662 g/mol. The van der Waals surface area contributed by atoms with Crippen LogP contribution in [0.2, 0.25) is 0 Å². The Labute approximate surface area is 300 Å². The van der Waals surface area contributed by atoms with Crippen LogP contribution in [-0.2, 0) is 0 Å². The fourth-order valence-corrected chi connectivity index (χ4v) is 8.43. The molecule has 0 N–H and O–H groups in total. The van der Waals surface area contributed by atoms with Crippen LogP contribution in [-0.4, -0.2) is 14.1 Å². The fourth-order valence-electron chi connectivity index (χ4n) is 8.43. The lowest BCUT2D eigenvalue weighted by molar-refractivity contribution is 1.11. The van der Waals surface area contributed by atoms with Gasteiger partial charge in [0.05, 0.1) is 22.1 Å². The summed E-state index contributed by atoms with van der Waals surface area (Å²) in [6, 6.07) is 67.9. The molecule has 242 valence electrons. The van der Waals surface area contributed by atoms with Crippen LogP contribution in [0.3, 0.4) is 0 Å². The van der Waals surface area contributed by atoms with E-state index in [0.717, 1.165) is 39.4 Å². The highest BCUT2D eigenvalue weighted by atomic mass is 15.1. The summed E-state index contributed by atoms with van der Waals surface area (Å²) in [7, 11) is 0. The molecule has 0 saturated heterocycles. The van der Waals surface area contributed by atoms with E-state index >= 15 is 0 Å². The van der Waals surface area contributed by atoms with Gasteiger partial charge in [0, 0.05) is 33.1 Å². The molecule has 0 aliphatic heterocycles. The van der Waals surface area contributed by atoms with E-state index in [4.69, 9.17) is 4.98 Å². The minimum Gasteiger partial charge on any atom is -0.309 e. The Morgan fingerprint density at radius 3 is 1.58 bits per heavy atom. The third-order valence-electron chi connectivity index (χ3n) is 10.7. The third kappa shape index (κ3) is 4.23. The Balaban J connectivity index is 1.27. The van der Waals surface area contributed by atoms with Crippen LogP contribution >= 0.6 is 0 Å². The van der Waals surface area contributed by atoms with E-state index in [1.54, 1.807) is 0 Å². The first-order valence-corrected chi connectivity index (χ1v) is 17.8. The highest BCUT2D eigenvalue weighted by molar-refractivity contribution is 6.29. The largest absolute Gasteiger partial charge is 0.309 e. The normalized spacial score (nSPS) is 11.8. The molecular formula is C49H31N3. The molecule has 0 atom stereocenters.